The van der Waals surface area contributed by atoms with Crippen molar-refractivity contribution in [1.82, 2.24) is 0 Å². The first kappa shape index (κ1) is 7.25. The van der Waals surface area contributed by atoms with Crippen molar-refractivity contribution < 1.29 is 5.11 Å². The molecule has 1 N–H and O–H groups in total. The molecule has 0 saturated heterocycles. The summed E-state index contributed by atoms with van der Waals surface area (Å²) in [6.45, 7) is 0. The molecule has 0 bridgehead atoms. The van der Waals surface area contributed by atoms with Crippen LogP contribution in [0.25, 0.3) is 0 Å². The molecular weight excluding hydrogens is 238 g/mol. The summed E-state index contributed by atoms with van der Waals surface area (Å²) in [5.74, 6) is 0.338. The predicted molar refractivity (Wildman–Crippen MR) is 38.9 cm³/mol. The fourth-order valence-corrected chi connectivity index (χ4v) is 1.87. The van der Waals surface area contributed by atoms with E-state index in [0.717, 1.165) is 8.70 Å². The van der Waals surface area contributed by atoms with Crippen molar-refractivity contribution in [3.8, 4) is 5.75 Å². The van der Waals surface area contributed by atoms with Crippen molar-refractivity contribution in [2.45, 2.75) is 0 Å². The summed E-state index contributed by atoms with van der Waals surface area (Å²) in [4.78, 5) is 0. The topological polar surface area (TPSA) is 20.2 Å². The van der Waals surface area contributed by atoms with E-state index in [2.05, 4.69) is 33.7 Å². The summed E-state index contributed by atoms with van der Waals surface area (Å²) in [6.07, 6.45) is 0. The molecule has 1 aromatic carbocycles. The minimum absolute atomic E-state index is 0.338. The minimum atomic E-state index is 0.338. The molecule has 4 radical (unpaired) electrons. The zero-order valence-electron chi connectivity index (χ0n) is 4.57. The zero-order valence-corrected chi connectivity index (χ0v) is 8.33. The van der Waals surface area contributed by atoms with Crippen LogP contribution in [0.3, 0.4) is 0 Å². The van der Waals surface area contributed by atoms with Crippen molar-refractivity contribution >= 4 is 42.4 Å². The first-order chi connectivity index (χ1) is 4.20. The number of hydrogen-bond acceptors (Lipinski definition) is 1. The molecule has 0 aliphatic rings. The molecule has 3 heteroatoms. The molecule has 0 aromatic heterocycles. The molecule has 0 atom stereocenters. The molecule has 1 rings (SSSR count). The van der Waals surface area contributed by atoms with Gasteiger partial charge in [0.25, 0.3) is 0 Å². The summed E-state index contributed by atoms with van der Waals surface area (Å²) in [7, 11) is 0. The van der Waals surface area contributed by atoms with Gasteiger partial charge in [0.15, 0.2) is 0 Å². The van der Waals surface area contributed by atoms with E-state index in [0.29, 0.717) is 5.75 Å². The van der Waals surface area contributed by atoms with Gasteiger partial charge in [-0.15, -0.1) is 0 Å². The Hall–Kier alpha value is 0.137. The summed E-state index contributed by atoms with van der Waals surface area (Å²) in [5, 5.41) is 9.02. The van der Waals surface area contributed by atoms with Crippen LogP contribution in [-0.4, -0.2) is 38.8 Å². The van der Waals surface area contributed by atoms with Crippen LogP contribution in [0.4, 0.5) is 0 Å². The van der Waals surface area contributed by atoms with Crippen molar-refractivity contribution in [1.29, 1.82) is 0 Å². The molecule has 9 heavy (non-hydrogen) atoms. The Kier molecular flexibility index (Phi) is 2.27. The summed E-state index contributed by atoms with van der Waals surface area (Å²) in [5.41, 5.74) is 0. The van der Waals surface area contributed by atoms with Crippen LogP contribution < -0.4 is 8.70 Å². The average Bonchev–Trinajstić information content (AvgIpc) is 1.80. The van der Waals surface area contributed by atoms with Crippen LogP contribution in [0.5, 0.6) is 5.75 Å². The van der Waals surface area contributed by atoms with Gasteiger partial charge in [-0.3, -0.25) is 0 Å². The number of phenols is 1. The number of benzene rings is 1. The molecule has 0 aliphatic heterocycles. The molecule has 0 saturated carbocycles. The molecular formula is C6H4As2O. The van der Waals surface area contributed by atoms with Gasteiger partial charge in [0.2, 0.25) is 0 Å². The summed E-state index contributed by atoms with van der Waals surface area (Å²) in [6, 6.07) is 5.43. The zero-order chi connectivity index (χ0) is 6.85. The monoisotopic (exact) mass is 242 g/mol. The molecule has 1 aromatic rings. The van der Waals surface area contributed by atoms with Gasteiger partial charge < -0.3 is 0 Å². The van der Waals surface area contributed by atoms with Crippen LogP contribution in [-0.2, 0) is 0 Å². The second-order valence-electron chi connectivity index (χ2n) is 1.67. The summed E-state index contributed by atoms with van der Waals surface area (Å²) < 4.78 is 1.97. The van der Waals surface area contributed by atoms with Gasteiger partial charge in [-0.25, -0.2) is 0 Å². The van der Waals surface area contributed by atoms with Gasteiger partial charge in [-0.1, -0.05) is 0 Å². The maximum atomic E-state index is 9.02. The third-order valence-electron chi connectivity index (χ3n) is 0.959. The van der Waals surface area contributed by atoms with Crippen molar-refractivity contribution in [3.05, 3.63) is 18.2 Å². The molecule has 44 valence electrons. The SMILES string of the molecule is Oc1ccc([As])cc1[As]. The van der Waals surface area contributed by atoms with E-state index in [1.165, 1.54) is 0 Å². The third kappa shape index (κ3) is 1.78. The average molecular weight is 242 g/mol. The Bertz CT molecular complexity index is 222. The number of aromatic hydroxyl groups is 1. The van der Waals surface area contributed by atoms with Crippen LogP contribution in [0.1, 0.15) is 0 Å². The summed E-state index contributed by atoms with van der Waals surface area (Å²) >= 11 is 4.74. The van der Waals surface area contributed by atoms with E-state index in [-0.39, 0.29) is 0 Å². The van der Waals surface area contributed by atoms with Crippen LogP contribution in [0.2, 0.25) is 0 Å². The molecule has 0 unspecified atom stereocenters. The molecule has 0 heterocycles. The Balaban J connectivity index is 3.17. The van der Waals surface area contributed by atoms with Crippen LogP contribution in [0, 0.1) is 0 Å². The Morgan fingerprint density at radius 3 is 2.33 bits per heavy atom. The predicted octanol–water partition coefficient (Wildman–Crippen LogP) is -1.02. The van der Waals surface area contributed by atoms with Gasteiger partial charge >= 0.3 is 71.5 Å². The van der Waals surface area contributed by atoms with E-state index >= 15 is 0 Å². The van der Waals surface area contributed by atoms with E-state index in [4.69, 9.17) is 5.11 Å². The van der Waals surface area contributed by atoms with Gasteiger partial charge in [0.05, 0.1) is 0 Å². The number of rotatable bonds is 0. The Morgan fingerprint density at radius 2 is 1.89 bits per heavy atom. The fraction of sp³-hybridized carbons (Fsp3) is 0. The quantitative estimate of drug-likeness (QED) is 0.577. The first-order valence-electron chi connectivity index (χ1n) is 2.41. The molecule has 0 amide bonds. The fourth-order valence-electron chi connectivity index (χ4n) is 0.512. The number of hydrogen-bond donors (Lipinski definition) is 1. The normalized spacial score (nSPS) is 9.56. The first-order valence-corrected chi connectivity index (χ1v) is 4.29. The van der Waals surface area contributed by atoms with Crippen LogP contribution >= 0.6 is 0 Å². The maximum absolute atomic E-state index is 9.02. The van der Waals surface area contributed by atoms with Gasteiger partial charge in [-0.05, 0) is 0 Å². The molecule has 0 aliphatic carbocycles. The Labute approximate surface area is 71.5 Å². The standard InChI is InChI=1S/C6H4As2O/c7-4-1-2-6(9)5(8)3-4/h1-3,9H. The van der Waals surface area contributed by atoms with Crippen molar-refractivity contribution in [2.75, 3.05) is 0 Å². The van der Waals surface area contributed by atoms with Gasteiger partial charge in [0, 0.05) is 0 Å². The third-order valence-corrected chi connectivity index (χ3v) is 2.29. The second-order valence-corrected chi connectivity index (χ2v) is 3.77. The van der Waals surface area contributed by atoms with Crippen LogP contribution in [0.15, 0.2) is 18.2 Å². The van der Waals surface area contributed by atoms with Crippen molar-refractivity contribution in [3.63, 3.8) is 0 Å². The number of phenolic OH excluding ortho intramolecular Hbond substituents is 1. The Morgan fingerprint density at radius 1 is 1.22 bits per heavy atom. The van der Waals surface area contributed by atoms with Gasteiger partial charge in [0.1, 0.15) is 0 Å². The molecule has 0 fully saturated rings. The van der Waals surface area contributed by atoms with Gasteiger partial charge in [-0.2, -0.15) is 0 Å². The van der Waals surface area contributed by atoms with E-state index < -0.39 is 0 Å². The van der Waals surface area contributed by atoms with Crippen molar-refractivity contribution in [2.24, 2.45) is 0 Å². The molecule has 0 spiro atoms. The van der Waals surface area contributed by atoms with E-state index in [1.54, 1.807) is 6.07 Å². The molecule has 1 nitrogen and oxygen atoms in total. The van der Waals surface area contributed by atoms with E-state index in [1.807, 2.05) is 12.1 Å². The second kappa shape index (κ2) is 2.81. The van der Waals surface area contributed by atoms with E-state index in [9.17, 15) is 0 Å².